The summed E-state index contributed by atoms with van der Waals surface area (Å²) in [5.74, 6) is 5.46. The maximum absolute atomic E-state index is 13.1. The van der Waals surface area contributed by atoms with Gasteiger partial charge in [-0.3, -0.25) is 11.3 Å². The molecule has 0 bridgehead atoms. The Morgan fingerprint density at radius 2 is 1.85 bits per heavy atom. The van der Waals surface area contributed by atoms with Gasteiger partial charge in [0, 0.05) is 10.5 Å². The van der Waals surface area contributed by atoms with Crippen LogP contribution in [0.1, 0.15) is 16.7 Å². The van der Waals surface area contributed by atoms with Gasteiger partial charge in [-0.2, -0.15) is 0 Å². The summed E-state index contributed by atoms with van der Waals surface area (Å²) in [5.41, 5.74) is 6.13. The molecule has 0 fully saturated rings. The van der Waals surface area contributed by atoms with E-state index in [0.29, 0.717) is 0 Å². The third-order valence-electron chi connectivity index (χ3n) is 3.43. The van der Waals surface area contributed by atoms with E-state index in [9.17, 15) is 4.39 Å². The number of benzene rings is 2. The molecule has 0 aromatic heterocycles. The van der Waals surface area contributed by atoms with Crippen LogP contribution in [-0.4, -0.2) is 6.04 Å². The van der Waals surface area contributed by atoms with Crippen LogP contribution in [0.3, 0.4) is 0 Å². The van der Waals surface area contributed by atoms with Crippen molar-refractivity contribution in [2.24, 2.45) is 5.84 Å². The molecule has 0 aliphatic rings. The molecule has 0 amide bonds. The highest BCUT2D eigenvalue weighted by Crippen LogP contribution is 2.19. The molecule has 1 unspecified atom stereocenters. The zero-order chi connectivity index (χ0) is 14.5. The molecule has 1 atom stereocenters. The smallest absolute Gasteiger partial charge is 0.123 e. The second kappa shape index (κ2) is 6.97. The van der Waals surface area contributed by atoms with Crippen molar-refractivity contribution in [2.45, 2.75) is 25.8 Å². The third-order valence-corrected chi connectivity index (χ3v) is 4.20. The van der Waals surface area contributed by atoms with E-state index in [1.54, 1.807) is 6.07 Å². The zero-order valence-electron chi connectivity index (χ0n) is 11.4. The topological polar surface area (TPSA) is 38.0 Å². The Balaban J connectivity index is 2.11. The number of aryl methyl sites for hydroxylation is 1. The Kier molecular flexibility index (Phi) is 5.29. The fourth-order valence-electron chi connectivity index (χ4n) is 2.27. The molecule has 2 rings (SSSR count). The minimum absolute atomic E-state index is 0.109. The second-order valence-corrected chi connectivity index (χ2v) is 5.79. The lowest BCUT2D eigenvalue weighted by atomic mass is 9.97. The van der Waals surface area contributed by atoms with Gasteiger partial charge >= 0.3 is 0 Å². The molecule has 0 radical (unpaired) electrons. The Hall–Kier alpha value is -1.23. The van der Waals surface area contributed by atoms with Crippen LogP contribution < -0.4 is 11.3 Å². The van der Waals surface area contributed by atoms with E-state index in [1.165, 1.54) is 11.6 Å². The first-order valence-electron chi connectivity index (χ1n) is 6.54. The van der Waals surface area contributed by atoms with Crippen LogP contribution in [0.2, 0.25) is 0 Å². The molecular weight excluding hydrogens is 319 g/mol. The first kappa shape index (κ1) is 15.2. The van der Waals surface area contributed by atoms with Crippen molar-refractivity contribution in [3.8, 4) is 0 Å². The van der Waals surface area contributed by atoms with Crippen LogP contribution in [0.15, 0.2) is 46.9 Å². The summed E-state index contributed by atoms with van der Waals surface area (Å²) in [7, 11) is 0. The quantitative estimate of drug-likeness (QED) is 0.647. The van der Waals surface area contributed by atoms with Gasteiger partial charge in [-0.25, -0.2) is 4.39 Å². The van der Waals surface area contributed by atoms with Crippen molar-refractivity contribution in [1.29, 1.82) is 0 Å². The standard InChI is InChI=1S/C16H18BrFN2/c1-11-8-14(18)7-6-12(11)9-15(20-19)10-13-4-2-3-5-16(13)17/h2-8,15,20H,9-10,19H2,1H3. The van der Waals surface area contributed by atoms with Crippen molar-refractivity contribution >= 4 is 15.9 Å². The Labute approximate surface area is 127 Å². The zero-order valence-corrected chi connectivity index (χ0v) is 13.0. The number of nitrogens with two attached hydrogens (primary N) is 1. The Morgan fingerprint density at radius 1 is 1.15 bits per heavy atom. The van der Waals surface area contributed by atoms with E-state index < -0.39 is 0 Å². The van der Waals surface area contributed by atoms with Gasteiger partial charge in [-0.15, -0.1) is 0 Å². The number of nitrogens with one attached hydrogen (secondary N) is 1. The number of hydrogen-bond acceptors (Lipinski definition) is 2. The van der Waals surface area contributed by atoms with Gasteiger partial charge in [-0.05, 0) is 54.7 Å². The van der Waals surface area contributed by atoms with Crippen molar-refractivity contribution in [2.75, 3.05) is 0 Å². The maximum atomic E-state index is 13.1. The summed E-state index contributed by atoms with van der Waals surface area (Å²) in [4.78, 5) is 0. The van der Waals surface area contributed by atoms with E-state index in [1.807, 2.05) is 31.2 Å². The summed E-state index contributed by atoms with van der Waals surface area (Å²) in [5, 5.41) is 0. The second-order valence-electron chi connectivity index (χ2n) is 4.93. The molecule has 0 aliphatic heterocycles. The largest absolute Gasteiger partial charge is 0.271 e. The van der Waals surface area contributed by atoms with Gasteiger partial charge in [0.15, 0.2) is 0 Å². The van der Waals surface area contributed by atoms with Gasteiger partial charge in [0.2, 0.25) is 0 Å². The molecule has 0 spiro atoms. The predicted molar refractivity (Wildman–Crippen MR) is 83.8 cm³/mol. The van der Waals surface area contributed by atoms with Gasteiger partial charge in [0.25, 0.3) is 0 Å². The van der Waals surface area contributed by atoms with Gasteiger partial charge in [0.1, 0.15) is 5.82 Å². The van der Waals surface area contributed by atoms with Crippen LogP contribution in [0.5, 0.6) is 0 Å². The lowest BCUT2D eigenvalue weighted by Crippen LogP contribution is -2.38. The fourth-order valence-corrected chi connectivity index (χ4v) is 2.72. The maximum Gasteiger partial charge on any atom is 0.123 e. The third kappa shape index (κ3) is 3.88. The number of hydrogen-bond donors (Lipinski definition) is 2. The molecule has 0 saturated heterocycles. The van der Waals surface area contributed by atoms with E-state index in [4.69, 9.17) is 5.84 Å². The van der Waals surface area contributed by atoms with Crippen LogP contribution in [0.25, 0.3) is 0 Å². The Morgan fingerprint density at radius 3 is 2.50 bits per heavy atom. The lowest BCUT2D eigenvalue weighted by molar-refractivity contribution is 0.520. The summed E-state index contributed by atoms with van der Waals surface area (Å²) in [6, 6.07) is 13.1. The molecular formula is C16H18BrFN2. The van der Waals surface area contributed by atoms with E-state index >= 15 is 0 Å². The normalized spacial score (nSPS) is 12.4. The molecule has 2 nitrogen and oxygen atoms in total. The van der Waals surface area contributed by atoms with Crippen LogP contribution in [-0.2, 0) is 12.8 Å². The highest BCUT2D eigenvalue weighted by molar-refractivity contribution is 9.10. The first-order valence-corrected chi connectivity index (χ1v) is 7.34. The van der Waals surface area contributed by atoms with Gasteiger partial charge < -0.3 is 0 Å². The SMILES string of the molecule is Cc1cc(F)ccc1CC(Cc1ccccc1Br)NN. The molecule has 0 saturated carbocycles. The van der Waals surface area contributed by atoms with Crippen LogP contribution >= 0.6 is 15.9 Å². The molecule has 2 aromatic rings. The number of rotatable bonds is 5. The highest BCUT2D eigenvalue weighted by atomic mass is 79.9. The summed E-state index contributed by atoms with van der Waals surface area (Å²) in [6.07, 6.45) is 1.58. The average Bonchev–Trinajstić information content (AvgIpc) is 2.43. The van der Waals surface area contributed by atoms with Gasteiger partial charge in [-0.1, -0.05) is 40.2 Å². The highest BCUT2D eigenvalue weighted by Gasteiger charge is 2.12. The van der Waals surface area contributed by atoms with E-state index in [2.05, 4.69) is 27.4 Å². The van der Waals surface area contributed by atoms with Crippen molar-refractivity contribution < 1.29 is 4.39 Å². The fraction of sp³-hybridized carbons (Fsp3) is 0.250. The minimum Gasteiger partial charge on any atom is -0.271 e. The molecule has 0 heterocycles. The summed E-state index contributed by atoms with van der Waals surface area (Å²) >= 11 is 3.55. The molecule has 4 heteroatoms. The summed E-state index contributed by atoms with van der Waals surface area (Å²) in [6.45, 7) is 1.92. The molecule has 0 aliphatic carbocycles. The van der Waals surface area contributed by atoms with E-state index in [-0.39, 0.29) is 11.9 Å². The van der Waals surface area contributed by atoms with Gasteiger partial charge in [0.05, 0.1) is 0 Å². The van der Waals surface area contributed by atoms with Crippen LogP contribution in [0.4, 0.5) is 4.39 Å². The van der Waals surface area contributed by atoms with Crippen molar-refractivity contribution in [3.05, 3.63) is 69.4 Å². The van der Waals surface area contributed by atoms with Crippen molar-refractivity contribution in [3.63, 3.8) is 0 Å². The molecule has 106 valence electrons. The molecule has 3 N–H and O–H groups in total. The predicted octanol–water partition coefficient (Wildman–Crippen LogP) is 3.51. The molecule has 20 heavy (non-hydrogen) atoms. The Bertz CT molecular complexity index is 586. The average molecular weight is 337 g/mol. The van der Waals surface area contributed by atoms with Crippen molar-refractivity contribution in [1.82, 2.24) is 5.43 Å². The molecule has 2 aromatic carbocycles. The number of halogens is 2. The number of hydrazine groups is 1. The van der Waals surface area contributed by atoms with E-state index in [0.717, 1.165) is 28.4 Å². The first-order chi connectivity index (χ1) is 9.60. The van der Waals surface area contributed by atoms with Crippen LogP contribution in [0, 0.1) is 12.7 Å². The summed E-state index contributed by atoms with van der Waals surface area (Å²) < 4.78 is 14.2. The monoisotopic (exact) mass is 336 g/mol. The minimum atomic E-state index is -0.200. The lowest BCUT2D eigenvalue weighted by Gasteiger charge is -2.18.